The summed E-state index contributed by atoms with van der Waals surface area (Å²) in [6.45, 7) is 0. The SMILES string of the molecule is Nc1c(C(=O)O)ccc(P(=O)(O)O)c1O. The van der Waals surface area contributed by atoms with E-state index in [9.17, 15) is 14.5 Å². The third-order valence-electron chi connectivity index (χ3n) is 1.74. The Morgan fingerprint density at radius 1 is 1.33 bits per heavy atom. The Morgan fingerprint density at radius 3 is 2.27 bits per heavy atom. The van der Waals surface area contributed by atoms with Gasteiger partial charge in [0.1, 0.15) is 5.30 Å². The highest BCUT2D eigenvalue weighted by molar-refractivity contribution is 7.60. The van der Waals surface area contributed by atoms with Crippen LogP contribution in [0.15, 0.2) is 12.1 Å². The van der Waals surface area contributed by atoms with Gasteiger partial charge < -0.3 is 25.7 Å². The van der Waals surface area contributed by atoms with E-state index in [1.807, 2.05) is 0 Å². The van der Waals surface area contributed by atoms with Crippen LogP contribution < -0.4 is 11.0 Å². The van der Waals surface area contributed by atoms with Gasteiger partial charge in [-0.3, -0.25) is 4.57 Å². The predicted molar refractivity (Wildman–Crippen MR) is 51.2 cm³/mol. The first-order valence-electron chi connectivity index (χ1n) is 3.66. The van der Waals surface area contributed by atoms with Gasteiger partial charge in [0.05, 0.1) is 11.3 Å². The largest absolute Gasteiger partial charge is 0.505 e. The molecule has 0 atom stereocenters. The molecule has 82 valence electrons. The molecule has 6 N–H and O–H groups in total. The first-order valence-corrected chi connectivity index (χ1v) is 5.27. The number of carboxylic acid groups (broad SMARTS) is 1. The van der Waals surface area contributed by atoms with Gasteiger partial charge in [-0.25, -0.2) is 4.79 Å². The van der Waals surface area contributed by atoms with Gasteiger partial charge in [0.25, 0.3) is 0 Å². The summed E-state index contributed by atoms with van der Waals surface area (Å²) in [5.74, 6) is -2.29. The van der Waals surface area contributed by atoms with Gasteiger partial charge in [-0.1, -0.05) is 0 Å². The second-order valence-corrected chi connectivity index (χ2v) is 4.31. The summed E-state index contributed by atoms with van der Waals surface area (Å²) >= 11 is 0. The molecule has 0 radical (unpaired) electrons. The number of aromatic carboxylic acids is 1. The Labute approximate surface area is 83.9 Å². The molecule has 0 heterocycles. The van der Waals surface area contributed by atoms with Crippen LogP contribution in [0, 0.1) is 0 Å². The van der Waals surface area contributed by atoms with E-state index in [0.717, 1.165) is 12.1 Å². The van der Waals surface area contributed by atoms with E-state index in [4.69, 9.17) is 20.6 Å². The van der Waals surface area contributed by atoms with Crippen LogP contribution in [0.3, 0.4) is 0 Å². The molecule has 0 aliphatic heterocycles. The van der Waals surface area contributed by atoms with Gasteiger partial charge in [0.2, 0.25) is 0 Å². The van der Waals surface area contributed by atoms with E-state index in [-0.39, 0.29) is 0 Å². The van der Waals surface area contributed by atoms with Crippen LogP contribution in [0.1, 0.15) is 10.4 Å². The third-order valence-corrected chi connectivity index (χ3v) is 2.73. The lowest BCUT2D eigenvalue weighted by atomic mass is 10.1. The summed E-state index contributed by atoms with van der Waals surface area (Å²) in [5.41, 5.74) is 4.23. The van der Waals surface area contributed by atoms with Crippen molar-refractivity contribution >= 4 is 24.6 Å². The molecule has 8 heteroatoms. The second kappa shape index (κ2) is 3.54. The number of rotatable bonds is 2. The molecule has 0 aliphatic rings. The number of aromatic hydroxyl groups is 1. The van der Waals surface area contributed by atoms with Gasteiger partial charge >= 0.3 is 13.6 Å². The molecule has 1 aromatic rings. The van der Waals surface area contributed by atoms with E-state index in [0.29, 0.717) is 0 Å². The van der Waals surface area contributed by atoms with Gasteiger partial charge in [-0.15, -0.1) is 0 Å². The minimum Gasteiger partial charge on any atom is -0.505 e. The molecule has 1 aromatic carbocycles. The fraction of sp³-hybridized carbons (Fsp3) is 0. The number of carboxylic acids is 1. The monoisotopic (exact) mass is 233 g/mol. The third kappa shape index (κ3) is 2.10. The maximum Gasteiger partial charge on any atom is 0.360 e. The molecule has 7 nitrogen and oxygen atoms in total. The van der Waals surface area contributed by atoms with Crippen molar-refractivity contribution in [2.45, 2.75) is 0 Å². The van der Waals surface area contributed by atoms with Crippen LogP contribution in [0.25, 0.3) is 0 Å². The van der Waals surface area contributed by atoms with Gasteiger partial charge in [0, 0.05) is 0 Å². The Morgan fingerprint density at radius 2 is 1.87 bits per heavy atom. The van der Waals surface area contributed by atoms with Crippen molar-refractivity contribution < 1.29 is 29.4 Å². The average molecular weight is 233 g/mol. The number of anilines is 1. The molecule has 0 amide bonds. The Balaban J connectivity index is 3.47. The summed E-state index contributed by atoms with van der Waals surface area (Å²) in [4.78, 5) is 28.1. The topological polar surface area (TPSA) is 141 Å². The maximum absolute atomic E-state index is 10.8. The van der Waals surface area contributed by atoms with E-state index in [1.165, 1.54) is 0 Å². The number of benzene rings is 1. The molecule has 0 aliphatic carbocycles. The number of hydrogen-bond donors (Lipinski definition) is 5. The van der Waals surface area contributed by atoms with Gasteiger partial charge in [-0.05, 0) is 12.1 Å². The number of carbonyl (C=O) groups is 1. The lowest BCUT2D eigenvalue weighted by Crippen LogP contribution is -2.11. The molecular formula is C7H8NO6P. The fourth-order valence-corrected chi connectivity index (χ4v) is 1.68. The molecule has 0 aromatic heterocycles. The number of nitrogens with two attached hydrogens (primary N) is 1. The molecule has 0 spiro atoms. The zero-order valence-corrected chi connectivity index (χ0v) is 8.18. The van der Waals surface area contributed by atoms with Crippen LogP contribution in [-0.2, 0) is 4.57 Å². The Bertz CT molecular complexity index is 465. The summed E-state index contributed by atoms with van der Waals surface area (Å²) in [5, 5.41) is 17.2. The van der Waals surface area contributed by atoms with Crippen molar-refractivity contribution in [3.63, 3.8) is 0 Å². The summed E-state index contributed by atoms with van der Waals surface area (Å²) in [6, 6.07) is 1.75. The molecule has 0 saturated heterocycles. The molecule has 0 unspecified atom stereocenters. The zero-order valence-electron chi connectivity index (χ0n) is 7.28. The van der Waals surface area contributed by atoms with Crippen LogP contribution in [0.2, 0.25) is 0 Å². The Kier molecular flexibility index (Phi) is 2.72. The summed E-state index contributed by atoms with van der Waals surface area (Å²) < 4.78 is 10.8. The maximum atomic E-state index is 10.8. The number of phenols is 1. The van der Waals surface area contributed by atoms with Crippen molar-refractivity contribution in [1.29, 1.82) is 0 Å². The first kappa shape index (κ1) is 11.5. The van der Waals surface area contributed by atoms with Crippen molar-refractivity contribution in [2.24, 2.45) is 0 Å². The minimum atomic E-state index is -4.66. The van der Waals surface area contributed by atoms with Gasteiger partial charge in [-0.2, -0.15) is 0 Å². The number of nitrogen functional groups attached to an aromatic ring is 1. The molecule has 0 fully saturated rings. The van der Waals surface area contributed by atoms with Gasteiger partial charge in [0.15, 0.2) is 5.75 Å². The fourth-order valence-electron chi connectivity index (χ4n) is 1.02. The number of phenolic OH excluding ortho intramolecular Hbond substituents is 1. The Hall–Kier alpha value is -1.56. The highest BCUT2D eigenvalue weighted by Gasteiger charge is 2.25. The quantitative estimate of drug-likeness (QED) is 0.262. The predicted octanol–water partition coefficient (Wildman–Crippen LogP) is -0.524. The average Bonchev–Trinajstić information content (AvgIpc) is 2.06. The first-order chi connectivity index (χ1) is 6.75. The number of hydrogen-bond acceptors (Lipinski definition) is 4. The van der Waals surface area contributed by atoms with E-state index in [1.54, 1.807) is 0 Å². The molecule has 0 bridgehead atoms. The minimum absolute atomic E-state index is 0.412. The van der Waals surface area contributed by atoms with E-state index >= 15 is 0 Å². The van der Waals surface area contributed by atoms with Crippen molar-refractivity contribution in [3.8, 4) is 5.75 Å². The normalized spacial score (nSPS) is 11.3. The van der Waals surface area contributed by atoms with Crippen LogP contribution in [0.4, 0.5) is 5.69 Å². The smallest absolute Gasteiger partial charge is 0.360 e. The highest BCUT2D eigenvalue weighted by atomic mass is 31.2. The zero-order chi connectivity index (χ0) is 11.8. The molecule has 1 rings (SSSR count). The van der Waals surface area contributed by atoms with Crippen molar-refractivity contribution in [3.05, 3.63) is 17.7 Å². The van der Waals surface area contributed by atoms with E-state index in [2.05, 4.69) is 0 Å². The standard InChI is InChI=1S/C7H8NO6P/c8-5-3(7(10)11)1-2-4(6(5)9)15(12,13)14/h1-2,9H,8H2,(H,10,11)(H2,12,13,14). The highest BCUT2D eigenvalue weighted by Crippen LogP contribution is 2.39. The summed E-state index contributed by atoms with van der Waals surface area (Å²) in [7, 11) is -4.66. The summed E-state index contributed by atoms with van der Waals surface area (Å²) in [6.07, 6.45) is 0. The molecule has 15 heavy (non-hydrogen) atoms. The second-order valence-electron chi connectivity index (χ2n) is 2.74. The van der Waals surface area contributed by atoms with Crippen molar-refractivity contribution in [2.75, 3.05) is 5.73 Å². The lowest BCUT2D eigenvalue weighted by molar-refractivity contribution is 0.0697. The van der Waals surface area contributed by atoms with Crippen LogP contribution in [0.5, 0.6) is 5.75 Å². The molecule has 0 saturated carbocycles. The molecular weight excluding hydrogens is 225 g/mol. The van der Waals surface area contributed by atoms with Crippen LogP contribution >= 0.6 is 7.60 Å². The van der Waals surface area contributed by atoms with E-state index < -0.39 is 35.9 Å². The van der Waals surface area contributed by atoms with Crippen molar-refractivity contribution in [1.82, 2.24) is 0 Å². The van der Waals surface area contributed by atoms with Crippen LogP contribution in [-0.4, -0.2) is 26.0 Å². The lowest BCUT2D eigenvalue weighted by Gasteiger charge is -2.10.